The third kappa shape index (κ3) is 5.69. The summed E-state index contributed by atoms with van der Waals surface area (Å²) in [6.45, 7) is 5.65. The van der Waals surface area contributed by atoms with Gasteiger partial charge in [-0.25, -0.2) is 9.59 Å². The van der Waals surface area contributed by atoms with Gasteiger partial charge in [0.25, 0.3) is 0 Å². The number of piperidine rings is 1. The van der Waals surface area contributed by atoms with Crippen LogP contribution in [0.1, 0.15) is 46.0 Å². The quantitative estimate of drug-likeness (QED) is 0.653. The van der Waals surface area contributed by atoms with Gasteiger partial charge < -0.3 is 20.6 Å². The Morgan fingerprint density at radius 1 is 1.21 bits per heavy atom. The molecule has 0 aromatic heterocycles. The number of hydrogen-bond donors (Lipinski definition) is 3. The highest BCUT2D eigenvalue weighted by Gasteiger charge is 2.33. The van der Waals surface area contributed by atoms with Gasteiger partial charge in [-0.15, -0.1) is 0 Å². The molecule has 0 radical (unpaired) electrons. The first kappa shape index (κ1) is 18.5. The second-order valence-corrected chi connectivity index (χ2v) is 7.44. The number of rotatable bonds is 7. The van der Waals surface area contributed by atoms with Crippen molar-refractivity contribution in [3.8, 4) is 0 Å². The number of urea groups is 1. The van der Waals surface area contributed by atoms with Crippen molar-refractivity contribution in [1.82, 2.24) is 15.5 Å². The Morgan fingerprint density at radius 3 is 2.50 bits per heavy atom. The van der Waals surface area contributed by atoms with Crippen LogP contribution in [0.2, 0.25) is 0 Å². The first-order valence-corrected chi connectivity index (χ1v) is 8.92. The smallest absolute Gasteiger partial charge is 0.326 e. The average Bonchev–Trinajstić information content (AvgIpc) is 3.35. The molecule has 7 nitrogen and oxygen atoms in total. The second kappa shape index (κ2) is 8.35. The summed E-state index contributed by atoms with van der Waals surface area (Å²) in [5.74, 6) is -0.751. The number of nitrogens with one attached hydrogen (secondary N) is 2. The van der Waals surface area contributed by atoms with Crippen molar-refractivity contribution in [1.29, 1.82) is 0 Å². The molecular formula is C17H29N3O4. The molecule has 3 amide bonds. The molecule has 1 aliphatic carbocycles. The van der Waals surface area contributed by atoms with E-state index in [1.54, 1.807) is 4.90 Å². The van der Waals surface area contributed by atoms with Crippen LogP contribution in [-0.4, -0.2) is 53.6 Å². The van der Waals surface area contributed by atoms with Gasteiger partial charge in [0.1, 0.15) is 6.04 Å². The topological polar surface area (TPSA) is 98.7 Å². The zero-order chi connectivity index (χ0) is 17.7. The Morgan fingerprint density at radius 2 is 1.92 bits per heavy atom. The van der Waals surface area contributed by atoms with E-state index in [0.29, 0.717) is 44.3 Å². The predicted molar refractivity (Wildman–Crippen MR) is 89.4 cm³/mol. The molecule has 0 aromatic rings. The third-order valence-electron chi connectivity index (χ3n) is 4.62. The number of nitrogens with zero attached hydrogens (tertiary/aromatic N) is 1. The summed E-state index contributed by atoms with van der Waals surface area (Å²) in [5, 5.41) is 14.8. The van der Waals surface area contributed by atoms with Crippen molar-refractivity contribution in [2.24, 2.45) is 17.8 Å². The minimum atomic E-state index is -0.974. The van der Waals surface area contributed by atoms with Gasteiger partial charge in [-0.05, 0) is 31.1 Å². The Bertz CT molecular complexity index is 476. The summed E-state index contributed by atoms with van der Waals surface area (Å²) in [6.07, 6.45) is 4.05. The number of amides is 3. The first-order chi connectivity index (χ1) is 11.4. The molecule has 3 N–H and O–H groups in total. The third-order valence-corrected chi connectivity index (χ3v) is 4.62. The highest BCUT2D eigenvalue weighted by molar-refractivity contribution is 5.85. The van der Waals surface area contributed by atoms with Crippen LogP contribution in [0.25, 0.3) is 0 Å². The maximum absolute atomic E-state index is 12.4. The maximum Gasteiger partial charge on any atom is 0.326 e. The molecular weight excluding hydrogens is 310 g/mol. The number of carboxylic acids is 1. The number of likely N-dealkylation sites (tertiary alicyclic amines) is 1. The van der Waals surface area contributed by atoms with Crippen LogP contribution >= 0.6 is 0 Å². The minimum absolute atomic E-state index is 0.144. The van der Waals surface area contributed by atoms with Crippen LogP contribution < -0.4 is 10.6 Å². The summed E-state index contributed by atoms with van der Waals surface area (Å²) in [5.41, 5.74) is 0. The normalized spacial score (nSPS) is 22.1. The lowest BCUT2D eigenvalue weighted by Crippen LogP contribution is -2.51. The van der Waals surface area contributed by atoms with Crippen LogP contribution in [0, 0.1) is 17.8 Å². The van der Waals surface area contributed by atoms with Gasteiger partial charge in [-0.2, -0.15) is 0 Å². The monoisotopic (exact) mass is 339 g/mol. The number of carbonyl (C=O) groups excluding carboxylic acids is 2. The van der Waals surface area contributed by atoms with E-state index in [9.17, 15) is 19.5 Å². The van der Waals surface area contributed by atoms with Gasteiger partial charge >= 0.3 is 12.0 Å². The molecule has 24 heavy (non-hydrogen) atoms. The number of carboxylic acid groups (broad SMARTS) is 1. The number of carbonyl (C=O) groups is 3. The van der Waals surface area contributed by atoms with Crippen LogP contribution in [0.15, 0.2) is 0 Å². The van der Waals surface area contributed by atoms with E-state index in [2.05, 4.69) is 10.6 Å². The Balaban J connectivity index is 1.84. The van der Waals surface area contributed by atoms with E-state index < -0.39 is 12.0 Å². The lowest BCUT2D eigenvalue weighted by molar-refractivity contribution is -0.143. The molecule has 2 aliphatic rings. The van der Waals surface area contributed by atoms with Crippen molar-refractivity contribution in [3.05, 3.63) is 0 Å². The first-order valence-electron chi connectivity index (χ1n) is 8.92. The number of hydrogen-bond acceptors (Lipinski definition) is 3. The molecule has 2 fully saturated rings. The van der Waals surface area contributed by atoms with E-state index in [1.807, 2.05) is 13.8 Å². The fourth-order valence-corrected chi connectivity index (χ4v) is 2.98. The molecule has 0 aromatic carbocycles. The Labute approximate surface area is 143 Å². The molecule has 1 saturated heterocycles. The SMILES string of the molecule is CC(C)CNC(=O)N1CCCC(C(=O)NC(CC2CC2)C(=O)O)C1. The zero-order valence-electron chi connectivity index (χ0n) is 14.6. The fourth-order valence-electron chi connectivity index (χ4n) is 2.98. The minimum Gasteiger partial charge on any atom is -0.480 e. The molecule has 136 valence electrons. The lowest BCUT2D eigenvalue weighted by Gasteiger charge is -2.32. The van der Waals surface area contributed by atoms with E-state index in [1.165, 1.54) is 0 Å². The highest BCUT2D eigenvalue weighted by atomic mass is 16.4. The fraction of sp³-hybridized carbons (Fsp3) is 0.824. The van der Waals surface area contributed by atoms with Crippen molar-refractivity contribution >= 4 is 17.9 Å². The zero-order valence-corrected chi connectivity index (χ0v) is 14.6. The molecule has 0 bridgehead atoms. The average molecular weight is 339 g/mol. The van der Waals surface area contributed by atoms with E-state index >= 15 is 0 Å². The van der Waals surface area contributed by atoms with Gasteiger partial charge in [0.05, 0.1) is 5.92 Å². The van der Waals surface area contributed by atoms with E-state index in [4.69, 9.17) is 0 Å². The summed E-state index contributed by atoms with van der Waals surface area (Å²) in [4.78, 5) is 37.5. The highest BCUT2D eigenvalue weighted by Crippen LogP contribution is 2.33. The van der Waals surface area contributed by atoms with Crippen molar-refractivity contribution in [2.45, 2.75) is 52.0 Å². The summed E-state index contributed by atoms with van der Waals surface area (Å²) in [7, 11) is 0. The molecule has 1 heterocycles. The standard InChI is InChI=1S/C17H29N3O4/c1-11(2)9-18-17(24)20-7-3-4-13(10-20)15(21)19-14(16(22)23)8-12-5-6-12/h11-14H,3-10H2,1-2H3,(H,18,24)(H,19,21)(H,22,23). The van der Waals surface area contributed by atoms with E-state index in [-0.39, 0.29) is 17.9 Å². The van der Waals surface area contributed by atoms with Crippen LogP contribution in [0.3, 0.4) is 0 Å². The van der Waals surface area contributed by atoms with Crippen molar-refractivity contribution in [3.63, 3.8) is 0 Å². The predicted octanol–water partition coefficient (Wildman–Crippen LogP) is 1.43. The van der Waals surface area contributed by atoms with Gasteiger partial charge in [0, 0.05) is 19.6 Å². The van der Waals surface area contributed by atoms with Gasteiger partial charge in [0.15, 0.2) is 0 Å². The Kier molecular flexibility index (Phi) is 6.45. The molecule has 2 rings (SSSR count). The van der Waals surface area contributed by atoms with Gasteiger partial charge in [-0.1, -0.05) is 26.7 Å². The maximum atomic E-state index is 12.4. The summed E-state index contributed by atoms with van der Waals surface area (Å²) in [6, 6.07) is -0.955. The molecule has 0 spiro atoms. The summed E-state index contributed by atoms with van der Waals surface area (Å²) >= 11 is 0. The molecule has 2 unspecified atom stereocenters. The summed E-state index contributed by atoms with van der Waals surface area (Å²) < 4.78 is 0. The Hall–Kier alpha value is -1.79. The largest absolute Gasteiger partial charge is 0.480 e. The number of aliphatic carboxylic acids is 1. The van der Waals surface area contributed by atoms with Crippen LogP contribution in [0.4, 0.5) is 4.79 Å². The molecule has 2 atom stereocenters. The van der Waals surface area contributed by atoms with Gasteiger partial charge in [-0.3, -0.25) is 4.79 Å². The van der Waals surface area contributed by atoms with Crippen molar-refractivity contribution < 1.29 is 19.5 Å². The lowest BCUT2D eigenvalue weighted by atomic mass is 9.96. The second-order valence-electron chi connectivity index (χ2n) is 7.44. The molecule has 1 aliphatic heterocycles. The molecule has 7 heteroatoms. The van der Waals surface area contributed by atoms with Crippen molar-refractivity contribution in [2.75, 3.05) is 19.6 Å². The molecule has 1 saturated carbocycles. The van der Waals surface area contributed by atoms with Crippen LogP contribution in [-0.2, 0) is 9.59 Å². The van der Waals surface area contributed by atoms with E-state index in [0.717, 1.165) is 19.3 Å². The van der Waals surface area contributed by atoms with Gasteiger partial charge in [0.2, 0.25) is 5.91 Å². The van der Waals surface area contributed by atoms with Crippen LogP contribution in [0.5, 0.6) is 0 Å².